The van der Waals surface area contributed by atoms with Gasteiger partial charge in [-0.2, -0.15) is 22.7 Å². The van der Waals surface area contributed by atoms with Gasteiger partial charge in [0.2, 0.25) is 0 Å². The van der Waals surface area contributed by atoms with Gasteiger partial charge in [-0.1, -0.05) is 0 Å². The molecule has 0 nitrogen and oxygen atoms in total. The van der Waals surface area contributed by atoms with Crippen LogP contribution in [-0.2, 0) is 0 Å². The number of hydrogen-bond acceptors (Lipinski definition) is 4. The third kappa shape index (κ3) is 1.46. The minimum atomic E-state index is 1.36. The first-order valence-corrected chi connectivity index (χ1v) is 10.5. The quantitative estimate of drug-likeness (QED) is 0.263. The van der Waals surface area contributed by atoms with Crippen molar-refractivity contribution in [1.82, 2.24) is 0 Å². The summed E-state index contributed by atoms with van der Waals surface area (Å²) >= 11 is 7.42. The summed E-state index contributed by atoms with van der Waals surface area (Å²) in [5.41, 5.74) is 0. The lowest BCUT2D eigenvalue weighted by Gasteiger charge is -2.00. The Morgan fingerprint density at radius 1 is 0.455 bits per heavy atom. The number of fused-ring (bicyclic) bond motifs is 7. The Labute approximate surface area is 141 Å². The first kappa shape index (κ1) is 12.0. The van der Waals surface area contributed by atoms with Crippen LogP contribution in [0.1, 0.15) is 0 Å². The van der Waals surface area contributed by atoms with E-state index in [1.165, 1.54) is 51.1 Å². The molecule has 0 fully saturated rings. The van der Waals surface area contributed by atoms with E-state index in [2.05, 4.69) is 45.8 Å². The second kappa shape index (κ2) is 4.09. The molecule has 0 N–H and O–H groups in total. The van der Waals surface area contributed by atoms with E-state index in [4.69, 9.17) is 0 Å². The number of rotatable bonds is 0. The second-order valence-corrected chi connectivity index (χ2v) is 9.20. The van der Waals surface area contributed by atoms with Gasteiger partial charge in [-0.15, -0.1) is 22.7 Å². The van der Waals surface area contributed by atoms with Gasteiger partial charge < -0.3 is 0 Å². The lowest BCUT2D eigenvalue weighted by molar-refractivity contribution is 1.97. The molecular weight excluding hydrogens is 344 g/mol. The smallest absolute Gasteiger partial charge is 0.0462 e. The van der Waals surface area contributed by atoms with Gasteiger partial charge in [0.05, 0.1) is 0 Å². The molecule has 0 amide bonds. The number of hydrogen-bond donors (Lipinski definition) is 0. The fraction of sp³-hybridized carbons (Fsp3) is 0. The number of thiophene rings is 4. The van der Waals surface area contributed by atoms with Crippen molar-refractivity contribution in [3.8, 4) is 0 Å². The van der Waals surface area contributed by atoms with Crippen molar-refractivity contribution < 1.29 is 0 Å². The van der Waals surface area contributed by atoms with Crippen LogP contribution in [0.4, 0.5) is 0 Å². The Hall–Kier alpha value is -1.46. The largest absolute Gasteiger partial charge is 0.150 e. The molecule has 0 radical (unpaired) electrons. The van der Waals surface area contributed by atoms with Crippen molar-refractivity contribution in [1.29, 1.82) is 0 Å². The van der Waals surface area contributed by atoms with Crippen LogP contribution in [0.15, 0.2) is 45.8 Å². The van der Waals surface area contributed by atoms with Gasteiger partial charge in [0, 0.05) is 61.9 Å². The molecular formula is C18H8S4. The second-order valence-electron chi connectivity index (χ2n) is 5.55. The van der Waals surface area contributed by atoms with Crippen molar-refractivity contribution in [2.75, 3.05) is 0 Å². The molecule has 0 atom stereocenters. The summed E-state index contributed by atoms with van der Waals surface area (Å²) < 4.78 is 5.64. The van der Waals surface area contributed by atoms with Crippen LogP contribution in [-0.4, -0.2) is 0 Å². The predicted octanol–water partition coefficient (Wildman–Crippen LogP) is 7.70. The van der Waals surface area contributed by atoms with E-state index < -0.39 is 0 Å². The summed E-state index contributed by atoms with van der Waals surface area (Å²) in [6.07, 6.45) is 0. The van der Waals surface area contributed by atoms with Crippen molar-refractivity contribution in [3.63, 3.8) is 0 Å². The normalized spacial score (nSPS) is 12.5. The SMILES string of the molecule is c1scc2c1sc1cc3cc4sc5cscc5c4cc3cc12. The average Bonchev–Trinajstić information content (AvgIpc) is 3.23. The van der Waals surface area contributed by atoms with Crippen LogP contribution >= 0.6 is 45.3 Å². The minimum Gasteiger partial charge on any atom is -0.150 e. The summed E-state index contributed by atoms with van der Waals surface area (Å²) in [6.45, 7) is 0. The Kier molecular flexibility index (Phi) is 2.23. The molecule has 22 heavy (non-hydrogen) atoms. The van der Waals surface area contributed by atoms with Crippen LogP contribution in [0, 0.1) is 0 Å². The van der Waals surface area contributed by atoms with E-state index in [1.54, 1.807) is 22.7 Å². The number of benzene rings is 2. The predicted molar refractivity (Wildman–Crippen MR) is 105 cm³/mol. The van der Waals surface area contributed by atoms with Crippen LogP contribution in [0.25, 0.3) is 51.1 Å². The molecule has 4 aromatic heterocycles. The molecule has 0 spiro atoms. The van der Waals surface area contributed by atoms with E-state index in [-0.39, 0.29) is 0 Å². The first-order valence-electron chi connectivity index (χ1n) is 6.97. The molecule has 4 heteroatoms. The maximum absolute atomic E-state index is 2.38. The van der Waals surface area contributed by atoms with Crippen LogP contribution in [0.2, 0.25) is 0 Å². The van der Waals surface area contributed by atoms with Gasteiger partial charge in [-0.05, 0) is 35.0 Å². The molecule has 2 aromatic carbocycles. The highest BCUT2D eigenvalue weighted by Crippen LogP contribution is 2.42. The fourth-order valence-electron chi connectivity index (χ4n) is 3.26. The zero-order valence-corrected chi connectivity index (χ0v) is 14.5. The third-order valence-electron chi connectivity index (χ3n) is 4.31. The van der Waals surface area contributed by atoms with Crippen LogP contribution in [0.3, 0.4) is 0 Å². The lowest BCUT2D eigenvalue weighted by atomic mass is 10.0. The zero-order chi connectivity index (χ0) is 14.3. The van der Waals surface area contributed by atoms with Gasteiger partial charge in [-0.3, -0.25) is 0 Å². The van der Waals surface area contributed by atoms with Crippen LogP contribution in [0.5, 0.6) is 0 Å². The molecule has 0 saturated heterocycles. The van der Waals surface area contributed by atoms with E-state index in [0.717, 1.165) is 0 Å². The average molecular weight is 353 g/mol. The van der Waals surface area contributed by atoms with Gasteiger partial charge in [-0.25, -0.2) is 0 Å². The van der Waals surface area contributed by atoms with E-state index >= 15 is 0 Å². The van der Waals surface area contributed by atoms with Crippen molar-refractivity contribution in [2.24, 2.45) is 0 Å². The van der Waals surface area contributed by atoms with E-state index in [1.807, 2.05) is 22.7 Å². The molecule has 6 aromatic rings. The summed E-state index contributed by atoms with van der Waals surface area (Å²) in [5.74, 6) is 0. The highest BCUT2D eigenvalue weighted by atomic mass is 32.1. The molecule has 0 bridgehead atoms. The molecule has 104 valence electrons. The monoisotopic (exact) mass is 352 g/mol. The van der Waals surface area contributed by atoms with Crippen molar-refractivity contribution in [2.45, 2.75) is 0 Å². The standard InChI is InChI=1S/C18H8S4/c1-9-2-12-14-6-20-8-18(14)22-16(12)4-10(9)3-15-11(1)13-5-19-7-17(13)21-15/h1-8H. The Morgan fingerprint density at radius 3 is 1.50 bits per heavy atom. The minimum absolute atomic E-state index is 1.36. The topological polar surface area (TPSA) is 0 Å². The summed E-state index contributed by atoms with van der Waals surface area (Å²) in [4.78, 5) is 0. The van der Waals surface area contributed by atoms with Gasteiger partial charge in [0.25, 0.3) is 0 Å². The van der Waals surface area contributed by atoms with Crippen molar-refractivity contribution in [3.05, 3.63) is 45.8 Å². The molecule has 4 heterocycles. The van der Waals surface area contributed by atoms with Gasteiger partial charge in [0.1, 0.15) is 0 Å². The highest BCUT2D eigenvalue weighted by Gasteiger charge is 2.10. The summed E-state index contributed by atoms with van der Waals surface area (Å²) in [5, 5.41) is 17.4. The maximum Gasteiger partial charge on any atom is 0.0462 e. The first-order chi connectivity index (χ1) is 10.9. The molecule has 0 aliphatic carbocycles. The van der Waals surface area contributed by atoms with E-state index in [0.29, 0.717) is 0 Å². The van der Waals surface area contributed by atoms with Gasteiger partial charge in [0.15, 0.2) is 0 Å². The Bertz CT molecular complexity index is 1220. The summed E-state index contributed by atoms with van der Waals surface area (Å²) in [7, 11) is 0. The fourth-order valence-corrected chi connectivity index (χ4v) is 7.50. The lowest BCUT2D eigenvalue weighted by Crippen LogP contribution is -1.73. The van der Waals surface area contributed by atoms with Crippen LogP contribution < -0.4 is 0 Å². The molecule has 6 rings (SSSR count). The zero-order valence-electron chi connectivity index (χ0n) is 11.3. The van der Waals surface area contributed by atoms with Crippen molar-refractivity contribution >= 4 is 96.5 Å². The third-order valence-corrected chi connectivity index (χ3v) is 8.33. The Balaban J connectivity index is 1.84. The Morgan fingerprint density at radius 2 is 0.955 bits per heavy atom. The molecule has 0 saturated carbocycles. The van der Waals surface area contributed by atoms with Gasteiger partial charge >= 0.3 is 0 Å². The molecule has 0 aliphatic heterocycles. The molecule has 0 aliphatic rings. The summed E-state index contributed by atoms with van der Waals surface area (Å²) in [6, 6.07) is 9.50. The van der Waals surface area contributed by atoms with E-state index in [9.17, 15) is 0 Å². The molecule has 0 unspecified atom stereocenters. The highest BCUT2D eigenvalue weighted by molar-refractivity contribution is 7.29. The maximum atomic E-state index is 2.38.